The largest absolute Gasteiger partial charge is 0.512 e. The van der Waals surface area contributed by atoms with Gasteiger partial charge in [-0.2, -0.15) is 0 Å². The van der Waals surface area contributed by atoms with Crippen molar-refractivity contribution in [2.24, 2.45) is 5.92 Å². The highest BCUT2D eigenvalue weighted by atomic mass is 16.3. The number of hydrogen-bond donors (Lipinski definition) is 1. The Labute approximate surface area is 84.8 Å². The SMILES string of the molecule is CC(C)=C(O)CCC([C]=O)CC[C]=O. The van der Waals surface area contributed by atoms with Gasteiger partial charge >= 0.3 is 0 Å². The van der Waals surface area contributed by atoms with Gasteiger partial charge in [0.1, 0.15) is 0 Å². The van der Waals surface area contributed by atoms with Crippen LogP contribution in [-0.4, -0.2) is 17.7 Å². The standard InChI is InChI=1S/C11H16O3/c1-9(2)11(14)6-5-10(8-13)4-3-7-12/h10,14H,3-6H2,1-2H3. The van der Waals surface area contributed by atoms with Gasteiger partial charge in [-0.3, -0.25) is 9.59 Å². The Hall–Kier alpha value is -1.12. The molecule has 2 radical (unpaired) electrons. The van der Waals surface area contributed by atoms with Gasteiger partial charge in [-0.05, 0) is 32.3 Å². The summed E-state index contributed by atoms with van der Waals surface area (Å²) in [4.78, 5) is 20.4. The molecule has 1 unspecified atom stereocenters. The first-order valence-corrected chi connectivity index (χ1v) is 4.69. The zero-order valence-electron chi connectivity index (χ0n) is 8.67. The van der Waals surface area contributed by atoms with Crippen LogP contribution in [0.2, 0.25) is 0 Å². The van der Waals surface area contributed by atoms with Gasteiger partial charge < -0.3 is 5.11 Å². The van der Waals surface area contributed by atoms with Gasteiger partial charge in [-0.15, -0.1) is 0 Å². The lowest BCUT2D eigenvalue weighted by molar-refractivity contribution is 0.365. The predicted molar refractivity (Wildman–Crippen MR) is 54.3 cm³/mol. The molecule has 0 amide bonds. The minimum Gasteiger partial charge on any atom is -0.512 e. The Morgan fingerprint density at radius 3 is 2.36 bits per heavy atom. The lowest BCUT2D eigenvalue weighted by Gasteiger charge is -2.07. The number of hydrogen-bond acceptors (Lipinski definition) is 3. The smallest absolute Gasteiger partial charge is 0.201 e. The second-order valence-corrected chi connectivity index (χ2v) is 3.48. The maximum Gasteiger partial charge on any atom is 0.201 e. The van der Waals surface area contributed by atoms with Gasteiger partial charge in [0.15, 0.2) is 6.29 Å². The highest BCUT2D eigenvalue weighted by Crippen LogP contribution is 2.15. The quantitative estimate of drug-likeness (QED) is 0.635. The average Bonchev–Trinajstić information content (AvgIpc) is 2.17. The van der Waals surface area contributed by atoms with E-state index < -0.39 is 0 Å². The van der Waals surface area contributed by atoms with E-state index in [0.29, 0.717) is 25.0 Å². The molecule has 0 aromatic carbocycles. The van der Waals surface area contributed by atoms with Crippen LogP contribution in [0, 0.1) is 5.92 Å². The number of allylic oxidation sites excluding steroid dienone is 2. The van der Waals surface area contributed by atoms with E-state index in [1.807, 2.05) is 20.1 Å². The molecule has 0 spiro atoms. The molecule has 3 nitrogen and oxygen atoms in total. The van der Waals surface area contributed by atoms with Crippen LogP contribution in [0.3, 0.4) is 0 Å². The number of aliphatic hydroxyl groups excluding tert-OH is 1. The first kappa shape index (κ1) is 12.9. The fourth-order valence-electron chi connectivity index (χ4n) is 1.06. The van der Waals surface area contributed by atoms with E-state index in [9.17, 15) is 14.7 Å². The van der Waals surface area contributed by atoms with Crippen molar-refractivity contribution in [2.45, 2.75) is 39.5 Å². The molecule has 0 fully saturated rings. The fourth-order valence-corrected chi connectivity index (χ4v) is 1.06. The molecule has 0 bridgehead atoms. The highest BCUT2D eigenvalue weighted by Gasteiger charge is 2.09. The van der Waals surface area contributed by atoms with E-state index in [2.05, 4.69) is 0 Å². The second kappa shape index (κ2) is 7.30. The van der Waals surface area contributed by atoms with Crippen LogP contribution in [0.15, 0.2) is 11.3 Å². The molecule has 0 aromatic heterocycles. The zero-order valence-corrected chi connectivity index (χ0v) is 8.67. The van der Waals surface area contributed by atoms with Crippen LogP contribution in [0.1, 0.15) is 39.5 Å². The molecule has 14 heavy (non-hydrogen) atoms. The third-order valence-electron chi connectivity index (χ3n) is 2.07. The summed E-state index contributed by atoms with van der Waals surface area (Å²) in [6.45, 7) is 3.63. The summed E-state index contributed by atoms with van der Waals surface area (Å²) in [7, 11) is 0. The van der Waals surface area contributed by atoms with Crippen molar-refractivity contribution in [3.63, 3.8) is 0 Å². The van der Waals surface area contributed by atoms with Gasteiger partial charge in [0.25, 0.3) is 0 Å². The summed E-state index contributed by atoms with van der Waals surface area (Å²) in [5, 5.41) is 9.37. The van der Waals surface area contributed by atoms with Crippen molar-refractivity contribution in [1.82, 2.24) is 0 Å². The normalized spacial score (nSPS) is 11.9. The average molecular weight is 196 g/mol. The summed E-state index contributed by atoms with van der Waals surface area (Å²) >= 11 is 0. The summed E-state index contributed by atoms with van der Waals surface area (Å²) in [6, 6.07) is 0. The summed E-state index contributed by atoms with van der Waals surface area (Å²) in [5.41, 5.74) is 0.858. The Bertz CT molecular complexity index is 215. The molecule has 0 heterocycles. The Morgan fingerprint density at radius 2 is 1.93 bits per heavy atom. The molecule has 0 rings (SSSR count). The minimum absolute atomic E-state index is 0.259. The van der Waals surface area contributed by atoms with Crippen molar-refractivity contribution >= 4 is 12.6 Å². The van der Waals surface area contributed by atoms with Gasteiger partial charge in [0.05, 0.1) is 5.76 Å². The van der Waals surface area contributed by atoms with E-state index in [0.717, 1.165) is 5.57 Å². The molecule has 0 saturated heterocycles. The highest BCUT2D eigenvalue weighted by molar-refractivity contribution is 5.56. The molecule has 0 aliphatic rings. The second-order valence-electron chi connectivity index (χ2n) is 3.48. The first-order chi connectivity index (χ1) is 6.61. The molecule has 1 N–H and O–H groups in total. The monoisotopic (exact) mass is 196 g/mol. The Morgan fingerprint density at radius 1 is 1.29 bits per heavy atom. The first-order valence-electron chi connectivity index (χ1n) is 4.69. The topological polar surface area (TPSA) is 54.4 Å². The minimum atomic E-state index is -0.266. The summed E-state index contributed by atoms with van der Waals surface area (Å²) < 4.78 is 0. The molecule has 0 aliphatic heterocycles. The third-order valence-corrected chi connectivity index (χ3v) is 2.07. The molecule has 1 atom stereocenters. The van der Waals surface area contributed by atoms with Crippen LogP contribution in [0.5, 0.6) is 0 Å². The summed E-state index contributed by atoms with van der Waals surface area (Å²) in [6.07, 6.45) is 5.36. The van der Waals surface area contributed by atoms with Crippen LogP contribution in [0.4, 0.5) is 0 Å². The Kier molecular flexibility index (Phi) is 6.72. The maximum atomic E-state index is 10.4. The number of carbonyl (C=O) groups excluding carboxylic acids is 2. The fraction of sp³-hybridized carbons (Fsp3) is 0.636. The van der Waals surface area contributed by atoms with E-state index in [4.69, 9.17) is 0 Å². The lowest BCUT2D eigenvalue weighted by atomic mass is 9.98. The van der Waals surface area contributed by atoms with E-state index >= 15 is 0 Å². The predicted octanol–water partition coefficient (Wildman–Crippen LogP) is 2.23. The maximum absolute atomic E-state index is 10.4. The van der Waals surface area contributed by atoms with Crippen molar-refractivity contribution in [1.29, 1.82) is 0 Å². The molecule has 78 valence electrons. The van der Waals surface area contributed by atoms with Crippen LogP contribution >= 0.6 is 0 Å². The van der Waals surface area contributed by atoms with Crippen molar-refractivity contribution in [2.75, 3.05) is 0 Å². The van der Waals surface area contributed by atoms with Gasteiger partial charge in [0.2, 0.25) is 6.29 Å². The Balaban J connectivity index is 3.89. The number of aliphatic hydroxyl groups is 1. The van der Waals surface area contributed by atoms with Crippen LogP contribution in [0.25, 0.3) is 0 Å². The van der Waals surface area contributed by atoms with Crippen LogP contribution in [-0.2, 0) is 9.59 Å². The zero-order chi connectivity index (χ0) is 11.0. The van der Waals surface area contributed by atoms with Crippen LogP contribution < -0.4 is 0 Å². The van der Waals surface area contributed by atoms with Crippen molar-refractivity contribution in [3.8, 4) is 0 Å². The van der Waals surface area contributed by atoms with Crippen molar-refractivity contribution < 1.29 is 14.7 Å². The van der Waals surface area contributed by atoms with E-state index in [1.54, 1.807) is 6.29 Å². The molecule has 0 aliphatic carbocycles. The number of rotatable bonds is 7. The molecule has 0 saturated carbocycles. The molecular weight excluding hydrogens is 180 g/mol. The molecule has 0 aromatic rings. The van der Waals surface area contributed by atoms with E-state index in [1.165, 1.54) is 0 Å². The van der Waals surface area contributed by atoms with Gasteiger partial charge in [-0.25, -0.2) is 0 Å². The molecule has 3 heteroatoms. The third kappa shape index (κ3) is 5.51. The van der Waals surface area contributed by atoms with Gasteiger partial charge in [0, 0.05) is 18.8 Å². The summed E-state index contributed by atoms with van der Waals surface area (Å²) in [5.74, 6) is 0.0540. The lowest BCUT2D eigenvalue weighted by Crippen LogP contribution is -2.03. The van der Waals surface area contributed by atoms with Gasteiger partial charge in [-0.1, -0.05) is 0 Å². The van der Waals surface area contributed by atoms with E-state index in [-0.39, 0.29) is 12.3 Å². The molecular formula is C11H16O3. The van der Waals surface area contributed by atoms with Crippen molar-refractivity contribution in [3.05, 3.63) is 11.3 Å².